The average Bonchev–Trinajstić information content (AvgIpc) is 3.43. The second-order valence-corrected chi connectivity index (χ2v) is 13.7. The summed E-state index contributed by atoms with van der Waals surface area (Å²) < 4.78 is 0. The van der Waals surface area contributed by atoms with E-state index < -0.39 is 0 Å². The van der Waals surface area contributed by atoms with E-state index in [0.29, 0.717) is 23.0 Å². The van der Waals surface area contributed by atoms with E-state index >= 15 is 0 Å². The first kappa shape index (κ1) is 26.2. The maximum Gasteiger partial charge on any atom is 0.257 e. The Bertz CT molecular complexity index is 1270. The Kier molecular flexibility index (Phi) is 7.87. The van der Waals surface area contributed by atoms with E-state index in [4.69, 9.17) is 0 Å². The molecule has 0 saturated heterocycles. The summed E-state index contributed by atoms with van der Waals surface area (Å²) in [6.45, 7) is 7.43. The largest absolute Gasteiger partial charge is 0.348 e. The van der Waals surface area contributed by atoms with Crippen molar-refractivity contribution in [3.63, 3.8) is 0 Å². The molecule has 5 rings (SSSR count). The number of fused-ring (bicyclic) bond motifs is 2. The Morgan fingerprint density at radius 2 is 1.68 bits per heavy atom. The molecule has 196 valence electrons. The van der Waals surface area contributed by atoms with Gasteiger partial charge in [-0.05, 0) is 73.0 Å². The van der Waals surface area contributed by atoms with Crippen LogP contribution in [0.3, 0.4) is 0 Å². The summed E-state index contributed by atoms with van der Waals surface area (Å²) >= 11 is 3.34. The molecular formula is C31H38N2O2S2. The van der Waals surface area contributed by atoms with Crippen LogP contribution in [0.25, 0.3) is 0 Å². The third-order valence-corrected chi connectivity index (χ3v) is 10.3. The SMILES string of the molecule is CC(C)(C)[C@@H]1CCc2c(C(=O)Nc3sc4c(c3C(=O)NCc3ccccc3)CCCCCC4)csc2C1. The normalized spacial score (nSPS) is 17.8. The van der Waals surface area contributed by atoms with E-state index in [1.807, 2.05) is 35.7 Å². The molecule has 2 aliphatic carbocycles. The molecule has 0 fully saturated rings. The Balaban J connectivity index is 1.40. The molecule has 6 heteroatoms. The number of nitrogens with one attached hydrogen (secondary N) is 2. The molecule has 0 saturated carbocycles. The van der Waals surface area contributed by atoms with Gasteiger partial charge in [-0.2, -0.15) is 0 Å². The second-order valence-electron chi connectivity index (χ2n) is 11.6. The molecule has 2 N–H and O–H groups in total. The minimum absolute atomic E-state index is 0.0713. The number of aryl methyl sites for hydroxylation is 1. The summed E-state index contributed by atoms with van der Waals surface area (Å²) in [4.78, 5) is 29.8. The maximum atomic E-state index is 13.6. The summed E-state index contributed by atoms with van der Waals surface area (Å²) in [5.74, 6) is 0.488. The number of carbonyl (C=O) groups is 2. The van der Waals surface area contributed by atoms with Crippen molar-refractivity contribution < 1.29 is 9.59 Å². The highest BCUT2D eigenvalue weighted by Crippen LogP contribution is 2.42. The highest BCUT2D eigenvalue weighted by molar-refractivity contribution is 7.17. The van der Waals surface area contributed by atoms with Crippen molar-refractivity contribution in [3.8, 4) is 0 Å². The fourth-order valence-electron chi connectivity index (χ4n) is 5.73. The van der Waals surface area contributed by atoms with E-state index in [1.165, 1.54) is 28.2 Å². The molecule has 4 nitrogen and oxygen atoms in total. The van der Waals surface area contributed by atoms with Crippen molar-refractivity contribution in [3.05, 3.63) is 73.3 Å². The molecule has 1 atom stereocenters. The van der Waals surface area contributed by atoms with Crippen LogP contribution in [0.4, 0.5) is 5.00 Å². The molecule has 2 aromatic heterocycles. The lowest BCUT2D eigenvalue weighted by molar-refractivity contribution is 0.0951. The molecule has 2 amide bonds. The average molecular weight is 535 g/mol. The van der Waals surface area contributed by atoms with Gasteiger partial charge in [0, 0.05) is 21.7 Å². The third-order valence-electron chi connectivity index (χ3n) is 8.05. The third kappa shape index (κ3) is 5.85. The summed E-state index contributed by atoms with van der Waals surface area (Å²) in [5.41, 5.74) is 5.18. The number of rotatable bonds is 5. The lowest BCUT2D eigenvalue weighted by atomic mass is 9.72. The summed E-state index contributed by atoms with van der Waals surface area (Å²) in [6.07, 6.45) is 9.65. The molecule has 0 unspecified atom stereocenters. The zero-order valence-electron chi connectivity index (χ0n) is 22.2. The first-order valence-corrected chi connectivity index (χ1v) is 15.4. The lowest BCUT2D eigenvalue weighted by Crippen LogP contribution is -2.27. The Labute approximate surface area is 228 Å². The van der Waals surface area contributed by atoms with Crippen molar-refractivity contribution in [1.29, 1.82) is 0 Å². The maximum absolute atomic E-state index is 13.6. The first-order chi connectivity index (χ1) is 17.8. The van der Waals surface area contributed by atoms with Crippen LogP contribution in [0.1, 0.15) is 100 Å². The number of carbonyl (C=O) groups excluding carboxylic acids is 2. The summed E-state index contributed by atoms with van der Waals surface area (Å²) in [7, 11) is 0. The standard InChI is InChI=1S/C31H38N2O2S2/c1-31(2,3)21-15-16-22-24(19-36-26(22)17-21)28(34)33-30-27(23-13-9-4-5-10-14-25(23)37-30)29(35)32-18-20-11-7-6-8-12-20/h6-8,11-12,19,21H,4-5,9-10,13-18H2,1-3H3,(H,32,35)(H,33,34)/t21-/m1/s1. The predicted octanol–water partition coefficient (Wildman–Crippen LogP) is 7.80. The number of thiophene rings is 2. The van der Waals surface area contributed by atoms with Crippen LogP contribution >= 0.6 is 22.7 Å². The van der Waals surface area contributed by atoms with Crippen molar-refractivity contribution in [2.45, 2.75) is 85.1 Å². The molecule has 0 radical (unpaired) electrons. The topological polar surface area (TPSA) is 58.2 Å². The van der Waals surface area contributed by atoms with Gasteiger partial charge in [0.05, 0.1) is 11.1 Å². The lowest BCUT2D eigenvalue weighted by Gasteiger charge is -2.34. The van der Waals surface area contributed by atoms with Crippen molar-refractivity contribution in [2.75, 3.05) is 5.32 Å². The monoisotopic (exact) mass is 534 g/mol. The van der Waals surface area contributed by atoms with Crippen LogP contribution in [-0.4, -0.2) is 11.8 Å². The van der Waals surface area contributed by atoms with Gasteiger partial charge in [0.25, 0.3) is 11.8 Å². The first-order valence-electron chi connectivity index (χ1n) is 13.7. The minimum Gasteiger partial charge on any atom is -0.348 e. The number of amides is 2. The highest BCUT2D eigenvalue weighted by atomic mass is 32.1. The number of benzene rings is 1. The molecule has 1 aromatic carbocycles. The quantitative estimate of drug-likeness (QED) is 0.351. The molecule has 3 aromatic rings. The van der Waals surface area contributed by atoms with Crippen molar-refractivity contribution in [1.82, 2.24) is 5.32 Å². The van der Waals surface area contributed by atoms with Crippen molar-refractivity contribution in [2.24, 2.45) is 11.3 Å². The summed E-state index contributed by atoms with van der Waals surface area (Å²) in [6, 6.07) is 9.99. The van der Waals surface area contributed by atoms with E-state index in [2.05, 4.69) is 31.4 Å². The van der Waals surface area contributed by atoms with Gasteiger partial charge in [-0.3, -0.25) is 9.59 Å². The molecular weight excluding hydrogens is 496 g/mol. The van der Waals surface area contributed by atoms with E-state index in [1.54, 1.807) is 22.7 Å². The smallest absolute Gasteiger partial charge is 0.257 e. The van der Waals surface area contributed by atoms with Gasteiger partial charge in [-0.1, -0.05) is 63.9 Å². The van der Waals surface area contributed by atoms with E-state index in [9.17, 15) is 9.59 Å². The Morgan fingerprint density at radius 3 is 2.43 bits per heavy atom. The molecule has 2 heterocycles. The van der Waals surface area contributed by atoms with E-state index in [-0.39, 0.29) is 17.2 Å². The fourth-order valence-corrected chi connectivity index (χ4v) is 8.17. The number of anilines is 1. The van der Waals surface area contributed by atoms with Crippen LogP contribution < -0.4 is 10.6 Å². The zero-order chi connectivity index (χ0) is 26.0. The number of hydrogen-bond acceptors (Lipinski definition) is 4. The number of hydrogen-bond donors (Lipinski definition) is 2. The Morgan fingerprint density at radius 1 is 0.919 bits per heavy atom. The van der Waals surface area contributed by atoms with E-state index in [0.717, 1.165) is 61.6 Å². The fraction of sp³-hybridized carbons (Fsp3) is 0.484. The zero-order valence-corrected chi connectivity index (χ0v) is 23.9. The van der Waals surface area contributed by atoms with Crippen LogP contribution in [0.15, 0.2) is 35.7 Å². The van der Waals surface area contributed by atoms with Crippen molar-refractivity contribution >= 4 is 39.5 Å². The van der Waals surface area contributed by atoms with Crippen LogP contribution in [0, 0.1) is 11.3 Å². The van der Waals surface area contributed by atoms with Crippen LogP contribution in [-0.2, 0) is 32.2 Å². The highest BCUT2D eigenvalue weighted by Gasteiger charge is 2.32. The molecule has 0 spiro atoms. The molecule has 0 aliphatic heterocycles. The van der Waals surface area contributed by atoms with Gasteiger partial charge in [-0.15, -0.1) is 22.7 Å². The van der Waals surface area contributed by atoms with Gasteiger partial charge in [0.1, 0.15) is 5.00 Å². The van der Waals surface area contributed by atoms with Crippen LogP contribution in [0.2, 0.25) is 0 Å². The summed E-state index contributed by atoms with van der Waals surface area (Å²) in [5, 5.41) is 9.08. The molecule has 37 heavy (non-hydrogen) atoms. The van der Waals surface area contributed by atoms with Gasteiger partial charge in [-0.25, -0.2) is 0 Å². The Hall–Kier alpha value is -2.44. The van der Waals surface area contributed by atoms with Gasteiger partial charge >= 0.3 is 0 Å². The second kappa shape index (κ2) is 11.1. The van der Waals surface area contributed by atoms with Gasteiger partial charge < -0.3 is 10.6 Å². The molecule has 2 aliphatic rings. The molecule has 0 bridgehead atoms. The minimum atomic E-state index is -0.0856. The van der Waals surface area contributed by atoms with Gasteiger partial charge in [0.15, 0.2) is 0 Å². The van der Waals surface area contributed by atoms with Gasteiger partial charge in [0.2, 0.25) is 0 Å². The predicted molar refractivity (Wildman–Crippen MR) is 155 cm³/mol. The van der Waals surface area contributed by atoms with Crippen LogP contribution in [0.5, 0.6) is 0 Å².